The number of hydrogen-bond donors (Lipinski definition) is 3. The fourth-order valence-electron chi connectivity index (χ4n) is 18.1. The van der Waals surface area contributed by atoms with Crippen molar-refractivity contribution in [2.75, 3.05) is 19.6 Å². The molecule has 9 aromatic carbocycles. The van der Waals surface area contributed by atoms with Crippen LogP contribution in [0.2, 0.25) is 0 Å². The molecule has 0 saturated carbocycles. The van der Waals surface area contributed by atoms with Gasteiger partial charge in [0.15, 0.2) is 0 Å². The van der Waals surface area contributed by atoms with Crippen molar-refractivity contribution in [3.63, 3.8) is 0 Å². The molecular formula is C96H108N12O9. The standard InChI is InChI=1S/3C32H36N4O3/c3*1-5-21-9-8-10-22(6-2)30(21)32(39)35-16-15-23-11-12-24(17-25(23)19-35)27(18-29(37)38)26-13-14-28-31(20(26)4)33-34-36(28)7-3/h3*8-14,17,27H,5-7,15-16,18-19H2,1-4H3,(H,37,38)/t2*27-;/m10./s1. The Labute approximate surface area is 684 Å². The van der Waals surface area contributed by atoms with E-state index >= 15 is 0 Å². The molecule has 12 aromatic rings. The van der Waals surface area contributed by atoms with Gasteiger partial charge in [-0.05, 0) is 234 Å². The number of carboxylic acids is 3. The summed E-state index contributed by atoms with van der Waals surface area (Å²) in [5.74, 6) is -3.29. The first kappa shape index (κ1) is 83.0. The second-order valence-corrected chi connectivity index (χ2v) is 31.1. The van der Waals surface area contributed by atoms with E-state index in [0.717, 1.165) is 227 Å². The molecule has 117 heavy (non-hydrogen) atoms. The third-order valence-electron chi connectivity index (χ3n) is 24.5. The van der Waals surface area contributed by atoms with E-state index in [1.54, 1.807) is 0 Å². The van der Waals surface area contributed by atoms with E-state index in [1.165, 1.54) is 16.7 Å². The number of rotatable bonds is 24. The lowest BCUT2D eigenvalue weighted by molar-refractivity contribution is -0.138. The van der Waals surface area contributed by atoms with E-state index in [1.807, 2.05) is 125 Å². The minimum absolute atomic E-state index is 0.0283. The first-order valence-corrected chi connectivity index (χ1v) is 41.8. The Hall–Kier alpha value is -12.0. The Bertz CT molecular complexity index is 5150. The van der Waals surface area contributed by atoms with Crippen molar-refractivity contribution in [3.8, 4) is 0 Å². The molecule has 1 unspecified atom stereocenters. The summed E-state index contributed by atoms with van der Waals surface area (Å²) < 4.78 is 5.55. The molecule has 0 radical (unpaired) electrons. The van der Waals surface area contributed by atoms with Crippen molar-refractivity contribution in [1.29, 1.82) is 0 Å². The van der Waals surface area contributed by atoms with Crippen molar-refractivity contribution >= 4 is 68.7 Å². The van der Waals surface area contributed by atoms with Gasteiger partial charge in [-0.1, -0.05) is 185 Å². The molecule has 3 aliphatic heterocycles. The van der Waals surface area contributed by atoms with Gasteiger partial charge in [-0.15, -0.1) is 15.3 Å². The third-order valence-corrected chi connectivity index (χ3v) is 24.5. The topological polar surface area (TPSA) is 265 Å². The number of benzene rings is 9. The Morgan fingerprint density at radius 3 is 0.803 bits per heavy atom. The highest BCUT2D eigenvalue weighted by Gasteiger charge is 2.33. The smallest absolute Gasteiger partial charge is 0.304 e. The van der Waals surface area contributed by atoms with Gasteiger partial charge in [0.25, 0.3) is 17.7 Å². The summed E-state index contributed by atoms with van der Waals surface area (Å²) in [6, 6.07) is 49.3. The van der Waals surface area contributed by atoms with Crippen LogP contribution in [0.3, 0.4) is 0 Å². The minimum Gasteiger partial charge on any atom is -0.481 e. The van der Waals surface area contributed by atoms with Crippen molar-refractivity contribution in [3.05, 3.63) is 279 Å². The summed E-state index contributed by atoms with van der Waals surface area (Å²) >= 11 is 0. The van der Waals surface area contributed by atoms with E-state index in [9.17, 15) is 44.1 Å². The van der Waals surface area contributed by atoms with Crippen LogP contribution in [0.15, 0.2) is 146 Å². The Morgan fingerprint density at radius 2 is 0.581 bits per heavy atom. The van der Waals surface area contributed by atoms with Crippen LogP contribution in [-0.2, 0) is 111 Å². The molecule has 0 saturated heterocycles. The van der Waals surface area contributed by atoms with Crippen LogP contribution in [-0.4, -0.2) is 130 Å². The van der Waals surface area contributed by atoms with Crippen molar-refractivity contribution in [1.82, 2.24) is 59.7 Å². The molecule has 3 N–H and O–H groups in total. The molecule has 3 aromatic heterocycles. The maximum Gasteiger partial charge on any atom is 0.304 e. The number of nitrogens with zero attached hydrogens (tertiary/aromatic N) is 12. The zero-order valence-electron chi connectivity index (χ0n) is 69.6. The average molecular weight is 1570 g/mol. The first-order chi connectivity index (χ1) is 56.6. The predicted octanol–water partition coefficient (Wildman–Crippen LogP) is 17.1. The molecular weight excluding hydrogens is 1470 g/mol. The number of carbonyl (C=O) groups is 6. The molecule has 3 atom stereocenters. The second kappa shape index (κ2) is 36.4. The zero-order chi connectivity index (χ0) is 83.0. The molecule has 6 heterocycles. The number of hydrogen-bond acceptors (Lipinski definition) is 12. The number of carboxylic acid groups (broad SMARTS) is 3. The van der Waals surface area contributed by atoms with E-state index in [0.29, 0.717) is 39.3 Å². The SMILES string of the molecule is CCc1cccc(CC)c1C(=O)N1CCc2ccc(C(CC(=O)O)c3ccc4c(nnn4CC)c3C)cc2C1.CCc1cccc(CC)c1C(=O)N1CCc2ccc([C@@H](CC(=O)O)c3ccc4c(nnn4CC)c3C)cc2C1.CCc1cccc(CC)c1C(=O)N1CCc2ccc([C@H](CC(=O)O)c3ccc4c(nnn4CC)c3C)cc2C1. The van der Waals surface area contributed by atoms with Crippen molar-refractivity contribution in [2.24, 2.45) is 0 Å². The second-order valence-electron chi connectivity index (χ2n) is 31.1. The van der Waals surface area contributed by atoms with Gasteiger partial charge in [-0.2, -0.15) is 0 Å². The number of aliphatic carboxylic acids is 3. The molecule has 0 spiro atoms. The highest BCUT2D eigenvalue weighted by molar-refractivity contribution is 5.99. The molecule has 0 aliphatic carbocycles. The van der Waals surface area contributed by atoms with E-state index in [4.69, 9.17) is 0 Å². The van der Waals surface area contributed by atoms with Crippen LogP contribution in [0.4, 0.5) is 0 Å². The summed E-state index contributed by atoms with van der Waals surface area (Å²) in [7, 11) is 0. The summed E-state index contributed by atoms with van der Waals surface area (Å²) in [5.41, 5.74) is 29.8. The molecule has 0 bridgehead atoms. The van der Waals surface area contributed by atoms with E-state index < -0.39 is 17.9 Å². The minimum atomic E-state index is -0.852. The van der Waals surface area contributed by atoms with Crippen LogP contribution in [0.5, 0.6) is 0 Å². The average Bonchev–Trinajstić information content (AvgIpc) is 1.63. The molecule has 3 aliphatic rings. The van der Waals surface area contributed by atoms with Crippen LogP contribution in [0.25, 0.3) is 33.1 Å². The maximum absolute atomic E-state index is 13.8. The van der Waals surface area contributed by atoms with Gasteiger partial charge in [0.1, 0.15) is 16.6 Å². The number of aromatic nitrogens is 9. The van der Waals surface area contributed by atoms with Gasteiger partial charge in [-0.25, -0.2) is 14.0 Å². The Morgan fingerprint density at radius 1 is 0.333 bits per heavy atom. The Kier molecular flexibility index (Phi) is 25.8. The summed E-state index contributed by atoms with van der Waals surface area (Å²) in [4.78, 5) is 83.2. The van der Waals surface area contributed by atoms with E-state index in [2.05, 4.69) is 163 Å². The van der Waals surface area contributed by atoms with Crippen LogP contribution in [0, 0.1) is 20.8 Å². The molecule has 606 valence electrons. The lowest BCUT2D eigenvalue weighted by Gasteiger charge is -2.31. The predicted molar refractivity (Wildman–Crippen MR) is 456 cm³/mol. The van der Waals surface area contributed by atoms with Gasteiger partial charge in [-0.3, -0.25) is 28.8 Å². The van der Waals surface area contributed by atoms with Gasteiger partial charge in [0.05, 0.1) is 35.8 Å². The molecule has 21 nitrogen and oxygen atoms in total. The first-order valence-electron chi connectivity index (χ1n) is 41.8. The lowest BCUT2D eigenvalue weighted by atomic mass is 9.83. The highest BCUT2D eigenvalue weighted by Crippen LogP contribution is 2.41. The quantitative estimate of drug-likeness (QED) is 0.0508. The fourth-order valence-corrected chi connectivity index (χ4v) is 18.1. The van der Waals surface area contributed by atoms with E-state index in [-0.39, 0.29) is 54.7 Å². The summed E-state index contributed by atoms with van der Waals surface area (Å²) in [6.45, 7) is 30.3. The highest BCUT2D eigenvalue weighted by atomic mass is 16.4. The largest absolute Gasteiger partial charge is 0.481 e. The van der Waals surface area contributed by atoms with Crippen molar-refractivity contribution < 1.29 is 44.1 Å². The molecule has 15 rings (SSSR count). The summed E-state index contributed by atoms with van der Waals surface area (Å²) in [5, 5.41) is 55.4. The molecule has 3 amide bonds. The molecule has 0 fully saturated rings. The summed E-state index contributed by atoms with van der Waals surface area (Å²) in [6.07, 6.45) is 7.16. The lowest BCUT2D eigenvalue weighted by Crippen LogP contribution is -2.37. The van der Waals surface area contributed by atoms with Gasteiger partial charge in [0.2, 0.25) is 0 Å². The maximum atomic E-state index is 13.8. The monoisotopic (exact) mass is 1570 g/mol. The number of carbonyl (C=O) groups excluding carboxylic acids is 3. The van der Waals surface area contributed by atoms with Crippen molar-refractivity contribution in [2.45, 2.75) is 217 Å². The van der Waals surface area contributed by atoms with Gasteiger partial charge in [0, 0.05) is 93.3 Å². The normalized spacial score (nSPS) is 13.9. The van der Waals surface area contributed by atoms with Crippen LogP contribution < -0.4 is 0 Å². The van der Waals surface area contributed by atoms with Crippen LogP contribution in [0.1, 0.15) is 247 Å². The zero-order valence-corrected chi connectivity index (χ0v) is 69.6. The number of amides is 3. The van der Waals surface area contributed by atoms with Gasteiger partial charge >= 0.3 is 17.9 Å². The number of aryl methyl sites for hydroxylation is 12. The fraction of sp³-hybridized carbons (Fsp3) is 0.375. The van der Waals surface area contributed by atoms with Gasteiger partial charge < -0.3 is 30.0 Å². The van der Waals surface area contributed by atoms with Crippen LogP contribution >= 0.6 is 0 Å². The molecule has 21 heteroatoms. The Balaban J connectivity index is 0.000000152. The third kappa shape index (κ3) is 17.0. The number of fused-ring (bicyclic) bond motifs is 6.